The maximum Gasteiger partial charge on any atom is 0.0123 e. The summed E-state index contributed by atoms with van der Waals surface area (Å²) in [6, 6.07) is 0.860. The minimum absolute atomic E-state index is 0.860. The molecule has 0 radical (unpaired) electrons. The van der Waals surface area contributed by atoms with Gasteiger partial charge in [0, 0.05) is 6.04 Å². The van der Waals surface area contributed by atoms with Gasteiger partial charge in [0.15, 0.2) is 0 Å². The molecule has 2 rings (SSSR count). The summed E-state index contributed by atoms with van der Waals surface area (Å²) < 4.78 is 0. The van der Waals surface area contributed by atoms with Gasteiger partial charge >= 0.3 is 0 Å². The zero-order valence-corrected chi connectivity index (χ0v) is 11.6. The Bertz CT molecular complexity index is 223. The Kier molecular flexibility index (Phi) is 3.94. The highest BCUT2D eigenvalue weighted by Crippen LogP contribution is 2.45. The Morgan fingerprint density at radius 1 is 0.812 bits per heavy atom. The maximum atomic E-state index is 2.50. The predicted molar refractivity (Wildman–Crippen MR) is 70.5 cm³/mol. The molecule has 2 fully saturated rings. The molecule has 0 amide bonds. The van der Waals surface area contributed by atoms with Gasteiger partial charge in [-0.05, 0) is 63.5 Å². The van der Waals surface area contributed by atoms with Crippen LogP contribution in [0.15, 0.2) is 0 Å². The lowest BCUT2D eigenvalue weighted by Gasteiger charge is -2.45. The van der Waals surface area contributed by atoms with Crippen LogP contribution in [0.2, 0.25) is 0 Å². The molecule has 0 aromatic heterocycles. The minimum Gasteiger partial charge on any atom is -0.306 e. The van der Waals surface area contributed by atoms with Gasteiger partial charge in [0.1, 0.15) is 0 Å². The number of hydrogen-bond acceptors (Lipinski definition) is 1. The minimum atomic E-state index is 0.860. The standard InChI is InChI=1S/C15H29N/c1-11-5-6-12(2)10-15(16(3)4)14-8-7-13(14)9-11/h11-15H,5-10H2,1-4H3/t11?,12-,13+,14-,15-/m0/s1. The van der Waals surface area contributed by atoms with Crippen LogP contribution >= 0.6 is 0 Å². The lowest BCUT2D eigenvalue weighted by atomic mass is 9.65. The van der Waals surface area contributed by atoms with Crippen molar-refractivity contribution in [3.63, 3.8) is 0 Å². The van der Waals surface area contributed by atoms with Crippen LogP contribution in [0.4, 0.5) is 0 Å². The molecule has 0 N–H and O–H groups in total. The third kappa shape index (κ3) is 2.61. The van der Waals surface area contributed by atoms with Gasteiger partial charge in [-0.2, -0.15) is 0 Å². The van der Waals surface area contributed by atoms with Gasteiger partial charge < -0.3 is 4.90 Å². The fourth-order valence-corrected chi connectivity index (χ4v) is 3.90. The second-order valence-electron chi connectivity index (χ2n) is 6.79. The van der Waals surface area contributed by atoms with Crippen LogP contribution in [0, 0.1) is 23.7 Å². The van der Waals surface area contributed by atoms with E-state index in [4.69, 9.17) is 0 Å². The highest BCUT2D eigenvalue weighted by molar-refractivity contribution is 4.92. The summed E-state index contributed by atoms with van der Waals surface area (Å²) in [5.41, 5.74) is 0. The van der Waals surface area contributed by atoms with Gasteiger partial charge in [-0.15, -0.1) is 0 Å². The van der Waals surface area contributed by atoms with E-state index in [9.17, 15) is 0 Å². The van der Waals surface area contributed by atoms with E-state index in [1.165, 1.54) is 38.5 Å². The lowest BCUT2D eigenvalue weighted by Crippen LogP contribution is -2.44. The van der Waals surface area contributed by atoms with Crippen molar-refractivity contribution in [1.29, 1.82) is 0 Å². The molecule has 2 aliphatic carbocycles. The molecule has 0 spiro atoms. The molecule has 1 nitrogen and oxygen atoms in total. The van der Waals surface area contributed by atoms with Crippen LogP contribution in [0.1, 0.15) is 52.4 Å². The molecule has 0 aliphatic heterocycles. The van der Waals surface area contributed by atoms with Crippen LogP contribution in [0.3, 0.4) is 0 Å². The van der Waals surface area contributed by atoms with E-state index in [0.29, 0.717) is 0 Å². The summed E-state index contributed by atoms with van der Waals surface area (Å²) in [5.74, 6) is 3.95. The van der Waals surface area contributed by atoms with Crippen molar-refractivity contribution in [2.45, 2.75) is 58.4 Å². The van der Waals surface area contributed by atoms with Gasteiger partial charge in [-0.25, -0.2) is 0 Å². The number of rotatable bonds is 1. The molecule has 2 aliphatic rings. The molecular weight excluding hydrogens is 194 g/mol. The van der Waals surface area contributed by atoms with Crippen LogP contribution in [0.25, 0.3) is 0 Å². The number of hydrogen-bond donors (Lipinski definition) is 0. The third-order valence-corrected chi connectivity index (χ3v) is 5.14. The molecule has 94 valence electrons. The normalized spacial score (nSPS) is 45.2. The number of fused-ring (bicyclic) bond motifs is 1. The molecule has 0 heterocycles. The van der Waals surface area contributed by atoms with E-state index < -0.39 is 0 Å². The van der Waals surface area contributed by atoms with Crippen molar-refractivity contribution in [3.8, 4) is 0 Å². The zero-order chi connectivity index (χ0) is 11.7. The third-order valence-electron chi connectivity index (χ3n) is 5.14. The zero-order valence-electron chi connectivity index (χ0n) is 11.6. The Labute approximate surface area is 102 Å². The van der Waals surface area contributed by atoms with Crippen molar-refractivity contribution in [3.05, 3.63) is 0 Å². The molecule has 0 saturated heterocycles. The van der Waals surface area contributed by atoms with Crippen molar-refractivity contribution in [2.75, 3.05) is 14.1 Å². The molecule has 2 saturated carbocycles. The Balaban J connectivity index is 2.06. The average Bonchev–Trinajstić information content (AvgIpc) is 2.22. The second kappa shape index (κ2) is 5.08. The van der Waals surface area contributed by atoms with Gasteiger partial charge in [0.25, 0.3) is 0 Å². The van der Waals surface area contributed by atoms with Crippen LogP contribution in [0.5, 0.6) is 0 Å². The predicted octanol–water partition coefficient (Wildman–Crippen LogP) is 3.79. The first-order chi connectivity index (χ1) is 7.58. The highest BCUT2D eigenvalue weighted by atomic mass is 15.1. The average molecular weight is 223 g/mol. The maximum absolute atomic E-state index is 2.50. The monoisotopic (exact) mass is 223 g/mol. The van der Waals surface area contributed by atoms with Crippen molar-refractivity contribution >= 4 is 0 Å². The molecule has 1 unspecified atom stereocenters. The highest BCUT2D eigenvalue weighted by Gasteiger charge is 2.39. The van der Waals surface area contributed by atoms with E-state index in [0.717, 1.165) is 29.7 Å². The topological polar surface area (TPSA) is 3.24 Å². The molecule has 0 aromatic carbocycles. The summed E-state index contributed by atoms with van der Waals surface area (Å²) in [6.45, 7) is 4.93. The fourth-order valence-electron chi connectivity index (χ4n) is 3.90. The molecule has 0 aromatic rings. The molecule has 16 heavy (non-hydrogen) atoms. The first-order valence-corrected chi connectivity index (χ1v) is 7.24. The van der Waals surface area contributed by atoms with E-state index in [2.05, 4.69) is 32.8 Å². The van der Waals surface area contributed by atoms with E-state index in [1.54, 1.807) is 0 Å². The first kappa shape index (κ1) is 12.4. The summed E-state index contributed by atoms with van der Waals surface area (Å²) in [7, 11) is 4.57. The first-order valence-electron chi connectivity index (χ1n) is 7.24. The van der Waals surface area contributed by atoms with Crippen molar-refractivity contribution in [2.24, 2.45) is 23.7 Å². The van der Waals surface area contributed by atoms with Crippen molar-refractivity contribution in [1.82, 2.24) is 4.90 Å². The number of nitrogens with zero attached hydrogens (tertiary/aromatic N) is 1. The summed E-state index contributed by atoms with van der Waals surface area (Å²) in [5, 5.41) is 0. The molecule has 5 atom stereocenters. The van der Waals surface area contributed by atoms with Gasteiger partial charge in [-0.3, -0.25) is 0 Å². The second-order valence-corrected chi connectivity index (χ2v) is 6.79. The van der Waals surface area contributed by atoms with Gasteiger partial charge in [-0.1, -0.05) is 26.7 Å². The van der Waals surface area contributed by atoms with Crippen LogP contribution in [-0.4, -0.2) is 25.0 Å². The van der Waals surface area contributed by atoms with Crippen LogP contribution < -0.4 is 0 Å². The summed E-state index contributed by atoms with van der Waals surface area (Å²) >= 11 is 0. The summed E-state index contributed by atoms with van der Waals surface area (Å²) in [6.07, 6.45) is 8.85. The Morgan fingerprint density at radius 3 is 1.94 bits per heavy atom. The quantitative estimate of drug-likeness (QED) is 0.654. The fraction of sp³-hybridized carbons (Fsp3) is 1.00. The molecule has 0 bridgehead atoms. The largest absolute Gasteiger partial charge is 0.306 e. The van der Waals surface area contributed by atoms with E-state index in [-0.39, 0.29) is 0 Å². The molecular formula is C15H29N. The van der Waals surface area contributed by atoms with Gasteiger partial charge in [0.2, 0.25) is 0 Å². The van der Waals surface area contributed by atoms with E-state index >= 15 is 0 Å². The SMILES string of the molecule is CC1CC[C@H](C)C[C@H](N(C)C)[C@H]2CC[C@@H]2C1. The Morgan fingerprint density at radius 2 is 1.44 bits per heavy atom. The van der Waals surface area contributed by atoms with Crippen LogP contribution in [-0.2, 0) is 0 Å². The lowest BCUT2D eigenvalue weighted by molar-refractivity contribution is 0.0500. The van der Waals surface area contributed by atoms with E-state index in [1.807, 2.05) is 0 Å². The Hall–Kier alpha value is -0.0400. The van der Waals surface area contributed by atoms with Crippen molar-refractivity contribution < 1.29 is 0 Å². The smallest absolute Gasteiger partial charge is 0.0123 e. The van der Waals surface area contributed by atoms with Gasteiger partial charge in [0.05, 0.1) is 0 Å². The summed E-state index contributed by atoms with van der Waals surface area (Å²) in [4.78, 5) is 2.50. The molecule has 1 heteroatoms.